The highest BCUT2D eigenvalue weighted by atomic mass is 16.7. The monoisotopic (exact) mass is 272 g/mol. The van der Waals surface area contributed by atoms with Crippen LogP contribution in [-0.4, -0.2) is 69.6 Å². The Hall–Kier alpha value is -0.160. The van der Waals surface area contributed by atoms with E-state index in [2.05, 4.69) is 23.9 Å². The lowest BCUT2D eigenvalue weighted by Crippen LogP contribution is -2.36. The molecule has 1 aliphatic heterocycles. The third-order valence-electron chi connectivity index (χ3n) is 3.86. The highest BCUT2D eigenvalue weighted by Gasteiger charge is 2.18. The van der Waals surface area contributed by atoms with Gasteiger partial charge in [-0.15, -0.1) is 0 Å². The molecule has 0 N–H and O–H groups in total. The van der Waals surface area contributed by atoms with E-state index in [0.717, 1.165) is 32.1 Å². The first-order valence-electron chi connectivity index (χ1n) is 7.76. The molecule has 0 unspecified atom stereocenters. The van der Waals surface area contributed by atoms with E-state index in [1.54, 1.807) is 0 Å². The molecule has 0 saturated carbocycles. The van der Waals surface area contributed by atoms with Crippen LogP contribution in [0, 0.1) is 5.92 Å². The lowest BCUT2D eigenvalue weighted by Gasteiger charge is -2.32. The van der Waals surface area contributed by atoms with Gasteiger partial charge in [-0.2, -0.15) is 0 Å². The third-order valence-corrected chi connectivity index (χ3v) is 3.86. The van der Waals surface area contributed by atoms with Crippen LogP contribution in [0.5, 0.6) is 0 Å². The van der Waals surface area contributed by atoms with E-state index in [1.807, 2.05) is 13.8 Å². The Morgan fingerprint density at radius 3 is 2.26 bits per heavy atom. The first kappa shape index (κ1) is 16.9. The highest BCUT2D eigenvalue weighted by Crippen LogP contribution is 2.17. The zero-order valence-corrected chi connectivity index (χ0v) is 13.2. The average molecular weight is 272 g/mol. The second-order valence-corrected chi connectivity index (χ2v) is 5.64. The number of hydrogen-bond donors (Lipinski definition) is 0. The van der Waals surface area contributed by atoms with Gasteiger partial charge in [0.25, 0.3) is 0 Å². The molecule has 0 aromatic rings. The smallest absolute Gasteiger partial charge is 0.158 e. The van der Waals surface area contributed by atoms with Gasteiger partial charge in [0.2, 0.25) is 0 Å². The molecule has 0 atom stereocenters. The van der Waals surface area contributed by atoms with Crippen molar-refractivity contribution in [3.63, 3.8) is 0 Å². The van der Waals surface area contributed by atoms with Gasteiger partial charge in [0.05, 0.1) is 0 Å². The number of ether oxygens (including phenoxy) is 2. The Bertz CT molecular complexity index is 212. The van der Waals surface area contributed by atoms with Gasteiger partial charge in [0.15, 0.2) is 6.29 Å². The Morgan fingerprint density at radius 1 is 1.16 bits per heavy atom. The van der Waals surface area contributed by atoms with Crippen molar-refractivity contribution in [2.45, 2.75) is 39.4 Å². The SMILES string of the molecule is CCOC(CCN(C)CC1CCN(C)CC1)OCC. The van der Waals surface area contributed by atoms with Crippen molar-refractivity contribution in [1.82, 2.24) is 9.80 Å². The standard InChI is InChI=1S/C15H32N2O2/c1-5-18-15(19-6-2)9-12-17(4)13-14-7-10-16(3)11-8-14/h14-15H,5-13H2,1-4H3. The van der Waals surface area contributed by atoms with Crippen molar-refractivity contribution in [3.05, 3.63) is 0 Å². The summed E-state index contributed by atoms with van der Waals surface area (Å²) in [6.45, 7) is 10.3. The summed E-state index contributed by atoms with van der Waals surface area (Å²) in [4.78, 5) is 4.86. The molecule has 0 aromatic heterocycles. The van der Waals surface area contributed by atoms with E-state index in [9.17, 15) is 0 Å². The summed E-state index contributed by atoms with van der Waals surface area (Å²) >= 11 is 0. The van der Waals surface area contributed by atoms with Gasteiger partial charge in [0.1, 0.15) is 0 Å². The second kappa shape index (κ2) is 9.70. The van der Waals surface area contributed by atoms with Crippen LogP contribution >= 0.6 is 0 Å². The molecule has 0 amide bonds. The lowest BCUT2D eigenvalue weighted by atomic mass is 9.97. The third kappa shape index (κ3) is 7.25. The fraction of sp³-hybridized carbons (Fsp3) is 1.00. The lowest BCUT2D eigenvalue weighted by molar-refractivity contribution is -0.141. The molecular weight excluding hydrogens is 240 g/mol. The van der Waals surface area contributed by atoms with Gasteiger partial charge in [-0.3, -0.25) is 0 Å². The maximum Gasteiger partial charge on any atom is 0.158 e. The molecule has 1 heterocycles. The van der Waals surface area contributed by atoms with Gasteiger partial charge in [-0.1, -0.05) is 0 Å². The number of hydrogen-bond acceptors (Lipinski definition) is 4. The molecule has 1 rings (SSSR count). The summed E-state index contributed by atoms with van der Waals surface area (Å²) in [5.41, 5.74) is 0. The number of rotatable bonds is 9. The van der Waals surface area contributed by atoms with Crippen molar-refractivity contribution in [2.75, 3.05) is 53.5 Å². The minimum atomic E-state index is -0.0325. The first-order chi connectivity index (χ1) is 9.15. The predicted octanol–water partition coefficient (Wildman–Crippen LogP) is 2.05. The van der Waals surface area contributed by atoms with Crippen LogP contribution in [-0.2, 0) is 9.47 Å². The second-order valence-electron chi connectivity index (χ2n) is 5.64. The molecule has 4 nitrogen and oxygen atoms in total. The van der Waals surface area contributed by atoms with Gasteiger partial charge in [-0.25, -0.2) is 0 Å². The zero-order valence-electron chi connectivity index (χ0n) is 13.2. The average Bonchev–Trinajstić information content (AvgIpc) is 2.39. The summed E-state index contributed by atoms with van der Waals surface area (Å²) in [6, 6.07) is 0. The molecule has 0 radical (unpaired) electrons. The topological polar surface area (TPSA) is 24.9 Å². The van der Waals surface area contributed by atoms with E-state index < -0.39 is 0 Å². The van der Waals surface area contributed by atoms with Crippen molar-refractivity contribution >= 4 is 0 Å². The van der Waals surface area contributed by atoms with E-state index in [4.69, 9.17) is 9.47 Å². The van der Waals surface area contributed by atoms with Gasteiger partial charge in [0, 0.05) is 32.7 Å². The quantitative estimate of drug-likeness (QED) is 0.600. The molecule has 114 valence electrons. The fourth-order valence-corrected chi connectivity index (χ4v) is 2.69. The number of likely N-dealkylation sites (tertiary alicyclic amines) is 1. The summed E-state index contributed by atoms with van der Waals surface area (Å²) in [7, 11) is 4.43. The Morgan fingerprint density at radius 2 is 1.74 bits per heavy atom. The van der Waals surface area contributed by atoms with Crippen LogP contribution in [0.3, 0.4) is 0 Å². The first-order valence-corrected chi connectivity index (χ1v) is 7.76. The predicted molar refractivity (Wildman–Crippen MR) is 79.4 cm³/mol. The molecule has 0 aliphatic carbocycles. The van der Waals surface area contributed by atoms with Crippen molar-refractivity contribution in [2.24, 2.45) is 5.92 Å². The zero-order chi connectivity index (χ0) is 14.1. The summed E-state index contributed by atoms with van der Waals surface area (Å²) < 4.78 is 11.2. The molecule has 1 saturated heterocycles. The maximum atomic E-state index is 5.58. The van der Waals surface area contributed by atoms with E-state index in [-0.39, 0.29) is 6.29 Å². The maximum absolute atomic E-state index is 5.58. The van der Waals surface area contributed by atoms with Crippen LogP contribution in [0.15, 0.2) is 0 Å². The summed E-state index contributed by atoms with van der Waals surface area (Å²) in [5, 5.41) is 0. The van der Waals surface area contributed by atoms with E-state index >= 15 is 0 Å². The van der Waals surface area contributed by atoms with Crippen molar-refractivity contribution < 1.29 is 9.47 Å². The summed E-state index contributed by atoms with van der Waals surface area (Å²) in [5.74, 6) is 0.860. The Labute approximate surface area is 119 Å². The van der Waals surface area contributed by atoms with Crippen LogP contribution in [0.2, 0.25) is 0 Å². The van der Waals surface area contributed by atoms with Crippen LogP contribution in [0.1, 0.15) is 33.1 Å². The van der Waals surface area contributed by atoms with Crippen molar-refractivity contribution in [1.29, 1.82) is 0 Å². The molecule has 4 heteroatoms. The summed E-state index contributed by atoms with van der Waals surface area (Å²) in [6.07, 6.45) is 3.60. The molecule has 0 bridgehead atoms. The molecule has 1 fully saturated rings. The van der Waals surface area contributed by atoms with Gasteiger partial charge in [-0.05, 0) is 59.8 Å². The number of piperidine rings is 1. The molecule has 0 spiro atoms. The van der Waals surface area contributed by atoms with Gasteiger partial charge >= 0.3 is 0 Å². The highest BCUT2D eigenvalue weighted by molar-refractivity contribution is 4.72. The molecule has 0 aromatic carbocycles. The van der Waals surface area contributed by atoms with E-state index in [0.29, 0.717) is 0 Å². The largest absolute Gasteiger partial charge is 0.353 e. The fourth-order valence-electron chi connectivity index (χ4n) is 2.69. The Kier molecular flexibility index (Phi) is 8.62. The van der Waals surface area contributed by atoms with Crippen LogP contribution in [0.4, 0.5) is 0 Å². The molecule has 1 aliphatic rings. The Balaban J connectivity index is 2.17. The number of nitrogens with zero attached hydrogens (tertiary/aromatic N) is 2. The van der Waals surface area contributed by atoms with Crippen LogP contribution in [0.25, 0.3) is 0 Å². The van der Waals surface area contributed by atoms with E-state index in [1.165, 1.54) is 32.5 Å². The van der Waals surface area contributed by atoms with Crippen molar-refractivity contribution in [3.8, 4) is 0 Å². The normalized spacial score (nSPS) is 18.6. The minimum absolute atomic E-state index is 0.0325. The molecule has 19 heavy (non-hydrogen) atoms. The molecular formula is C15H32N2O2. The van der Waals surface area contributed by atoms with Gasteiger partial charge < -0.3 is 19.3 Å². The minimum Gasteiger partial charge on any atom is -0.353 e. The van der Waals surface area contributed by atoms with Crippen LogP contribution < -0.4 is 0 Å².